The van der Waals surface area contributed by atoms with E-state index in [2.05, 4.69) is 48.9 Å². The van der Waals surface area contributed by atoms with Crippen molar-refractivity contribution < 1.29 is 4.39 Å². The van der Waals surface area contributed by atoms with Gasteiger partial charge in [0.25, 0.3) is 0 Å². The molecule has 2 unspecified atom stereocenters. The summed E-state index contributed by atoms with van der Waals surface area (Å²) in [5, 5.41) is 14.5. The minimum absolute atomic E-state index is 0.175. The smallest absolute Gasteiger partial charge is 0.233 e. The van der Waals surface area contributed by atoms with Crippen molar-refractivity contribution in [2.45, 2.75) is 45.8 Å². The molecule has 3 fully saturated rings. The first-order chi connectivity index (χ1) is 19.6. The third-order valence-corrected chi connectivity index (χ3v) is 7.19. The number of piperazine rings is 1. The van der Waals surface area contributed by atoms with Crippen molar-refractivity contribution in [2.75, 3.05) is 18.0 Å². The highest BCUT2D eigenvalue weighted by molar-refractivity contribution is 5.99. The molecule has 0 amide bonds. The van der Waals surface area contributed by atoms with Gasteiger partial charge in [0.2, 0.25) is 5.95 Å². The molecule has 4 N–H and O–H groups in total. The molecule has 0 saturated carbocycles. The lowest BCUT2D eigenvalue weighted by atomic mass is 9.87. The predicted octanol–water partition coefficient (Wildman–Crippen LogP) is 3.92. The fourth-order valence-corrected chi connectivity index (χ4v) is 5.29. The Hall–Kier alpha value is -4.64. The number of amidine groups is 1. The van der Waals surface area contributed by atoms with E-state index in [1.54, 1.807) is 19.2 Å². The summed E-state index contributed by atoms with van der Waals surface area (Å²) in [6.45, 7) is 12.2. The van der Waals surface area contributed by atoms with Crippen molar-refractivity contribution in [3.8, 4) is 5.82 Å². The van der Waals surface area contributed by atoms with Gasteiger partial charge in [-0.2, -0.15) is 4.39 Å². The molecule has 2 atom stereocenters. The number of nitrogens with two attached hydrogens (primary N) is 1. The van der Waals surface area contributed by atoms with Crippen molar-refractivity contribution >= 4 is 17.4 Å². The first-order valence-electron chi connectivity index (χ1n) is 13.5. The number of fused-ring (bicyclic) bond motifs is 2. The summed E-state index contributed by atoms with van der Waals surface area (Å²) < 4.78 is 14.6. The Morgan fingerprint density at radius 2 is 1.83 bits per heavy atom. The van der Waals surface area contributed by atoms with Gasteiger partial charge < -0.3 is 16.0 Å². The summed E-state index contributed by atoms with van der Waals surface area (Å²) in [5.41, 5.74) is 10.4. The molecule has 3 aliphatic heterocycles. The normalized spacial score (nSPS) is 19.6. The van der Waals surface area contributed by atoms with E-state index in [1.165, 1.54) is 23.2 Å². The zero-order valence-corrected chi connectivity index (χ0v) is 23.5. The number of nitrogens with zero attached hydrogens (tertiary/aromatic N) is 7. The molecular weight excluding hydrogens is 519 g/mol. The molecule has 3 saturated heterocycles. The van der Waals surface area contributed by atoms with Crippen molar-refractivity contribution in [2.24, 2.45) is 10.7 Å². The van der Waals surface area contributed by atoms with E-state index in [4.69, 9.17) is 16.1 Å². The number of hydrogen-bond donors (Lipinski definition) is 3. The van der Waals surface area contributed by atoms with Crippen LogP contribution in [0.25, 0.3) is 5.82 Å². The van der Waals surface area contributed by atoms with Crippen LogP contribution in [-0.4, -0.2) is 61.4 Å². The number of aliphatic imine (C=N–C) groups is 1. The molecular formula is C30H35FN10. The van der Waals surface area contributed by atoms with Gasteiger partial charge in [-0.25, -0.2) is 14.6 Å². The van der Waals surface area contributed by atoms with Gasteiger partial charge in [-0.1, -0.05) is 12.6 Å². The van der Waals surface area contributed by atoms with Crippen LogP contribution >= 0.6 is 0 Å². The number of anilines is 1. The Labute approximate surface area is 239 Å². The van der Waals surface area contributed by atoms with Gasteiger partial charge in [-0.15, -0.1) is 5.10 Å². The standard InChI is InChI=1S/C30H35FN10/c1-19(32)11-28(33)37-21(3)12-20(2)36-22(4)24-6-8-29(35-15-24)39-17-25-13-26(18-39)40(25)16-23-5-7-30(34-14-23)41-10-9-27(31)38-41/h5-12,14-15,25-26H,3,13,16-18,32H2,1-2,4H3,(H2,33,37)/b19-11-,20-12-,36-22+. The second-order valence-electron chi connectivity index (χ2n) is 10.6. The largest absolute Gasteiger partial charge is 0.402 e. The number of hydrogen-bond acceptors (Lipinski definition) is 8. The maximum Gasteiger partial charge on any atom is 0.233 e. The van der Waals surface area contributed by atoms with E-state index in [0.29, 0.717) is 29.3 Å². The van der Waals surface area contributed by atoms with E-state index in [-0.39, 0.29) is 5.84 Å². The zero-order valence-electron chi connectivity index (χ0n) is 23.5. The Morgan fingerprint density at radius 1 is 1.10 bits per heavy atom. The number of nitrogens with one attached hydrogen (secondary N) is 2. The summed E-state index contributed by atoms with van der Waals surface area (Å²) in [5.74, 6) is 1.23. The lowest BCUT2D eigenvalue weighted by Gasteiger charge is -2.56. The van der Waals surface area contributed by atoms with Crippen molar-refractivity contribution in [1.82, 2.24) is 30.0 Å². The Morgan fingerprint density at radius 3 is 2.44 bits per heavy atom. The summed E-state index contributed by atoms with van der Waals surface area (Å²) in [6.07, 6.45) is 9.79. The lowest BCUT2D eigenvalue weighted by Crippen LogP contribution is -2.68. The molecule has 3 aromatic rings. The van der Waals surface area contributed by atoms with Crippen LogP contribution in [0.4, 0.5) is 10.2 Å². The topological polar surface area (TPSA) is 124 Å². The summed E-state index contributed by atoms with van der Waals surface area (Å²) >= 11 is 0. The molecule has 11 heteroatoms. The van der Waals surface area contributed by atoms with Gasteiger partial charge >= 0.3 is 0 Å². The van der Waals surface area contributed by atoms with Crippen molar-refractivity contribution in [1.29, 1.82) is 5.41 Å². The van der Waals surface area contributed by atoms with Crippen LogP contribution in [-0.2, 0) is 6.54 Å². The van der Waals surface area contributed by atoms with Crippen LogP contribution in [0.3, 0.4) is 0 Å². The monoisotopic (exact) mass is 554 g/mol. The van der Waals surface area contributed by atoms with E-state index in [1.807, 2.05) is 38.4 Å². The maximum atomic E-state index is 13.2. The van der Waals surface area contributed by atoms with Gasteiger partial charge in [0.05, 0.1) is 0 Å². The molecule has 6 heterocycles. The Balaban J connectivity index is 1.15. The average Bonchev–Trinajstić information content (AvgIpc) is 3.37. The zero-order chi connectivity index (χ0) is 29.1. The second kappa shape index (κ2) is 11.8. The molecule has 6 rings (SSSR count). The molecule has 3 aromatic heterocycles. The van der Waals surface area contributed by atoms with Crippen molar-refractivity contribution in [3.63, 3.8) is 0 Å². The summed E-state index contributed by atoms with van der Waals surface area (Å²) in [4.78, 5) is 18.8. The van der Waals surface area contributed by atoms with Crippen LogP contribution in [0.15, 0.2) is 89.7 Å². The number of aromatic nitrogens is 4. The number of allylic oxidation sites excluding steroid dienone is 3. The molecule has 0 radical (unpaired) electrons. The highest BCUT2D eigenvalue weighted by atomic mass is 19.1. The maximum absolute atomic E-state index is 13.2. The molecule has 41 heavy (non-hydrogen) atoms. The number of piperidine rings is 1. The van der Waals surface area contributed by atoms with Crippen LogP contribution in [0.1, 0.15) is 38.3 Å². The SMILES string of the molecule is C=C(/C=C(C)\N=C(/C)c1ccc(N2CC3CC(C2)N3Cc2ccc(-n3ccc(F)n3)nc2)nc1)NC(=N)/C=C(/C)N. The predicted molar refractivity (Wildman–Crippen MR) is 159 cm³/mol. The van der Waals surface area contributed by atoms with E-state index < -0.39 is 5.95 Å². The van der Waals surface area contributed by atoms with Gasteiger partial charge in [0.15, 0.2) is 5.82 Å². The Bertz CT molecular complexity index is 1500. The minimum atomic E-state index is -0.519. The summed E-state index contributed by atoms with van der Waals surface area (Å²) in [6, 6.07) is 10.3. The van der Waals surface area contributed by atoms with Crippen LogP contribution < -0.4 is 16.0 Å². The fraction of sp³-hybridized carbons (Fsp3) is 0.300. The molecule has 0 spiro atoms. The van der Waals surface area contributed by atoms with E-state index in [0.717, 1.165) is 48.0 Å². The number of rotatable bonds is 9. The third kappa shape index (κ3) is 6.75. The van der Waals surface area contributed by atoms with Gasteiger partial charge in [0, 0.05) is 84.7 Å². The first-order valence-corrected chi connectivity index (χ1v) is 13.5. The number of halogens is 1. The highest BCUT2D eigenvalue weighted by Crippen LogP contribution is 2.35. The first kappa shape index (κ1) is 27.9. The molecule has 0 aliphatic carbocycles. The molecule has 0 aromatic carbocycles. The van der Waals surface area contributed by atoms with Crippen molar-refractivity contribution in [3.05, 3.63) is 102 Å². The molecule has 2 bridgehead atoms. The van der Waals surface area contributed by atoms with Crippen LogP contribution in [0.5, 0.6) is 0 Å². The van der Waals surface area contributed by atoms with Gasteiger partial charge in [-0.05, 0) is 63.1 Å². The second-order valence-corrected chi connectivity index (χ2v) is 10.6. The minimum Gasteiger partial charge on any atom is -0.402 e. The third-order valence-electron chi connectivity index (χ3n) is 7.19. The van der Waals surface area contributed by atoms with Gasteiger partial charge in [0.1, 0.15) is 11.7 Å². The van der Waals surface area contributed by atoms with Crippen LogP contribution in [0.2, 0.25) is 0 Å². The van der Waals surface area contributed by atoms with Crippen LogP contribution in [0, 0.1) is 11.4 Å². The lowest BCUT2D eigenvalue weighted by molar-refractivity contribution is -0.00875. The highest BCUT2D eigenvalue weighted by Gasteiger charge is 2.44. The Kier molecular flexibility index (Phi) is 8.06. The molecule has 3 aliphatic rings. The van der Waals surface area contributed by atoms with E-state index >= 15 is 0 Å². The van der Waals surface area contributed by atoms with E-state index in [9.17, 15) is 4.39 Å². The molecule has 10 nitrogen and oxygen atoms in total. The average molecular weight is 555 g/mol. The van der Waals surface area contributed by atoms with Gasteiger partial charge in [-0.3, -0.25) is 15.3 Å². The summed E-state index contributed by atoms with van der Waals surface area (Å²) in [7, 11) is 0. The fourth-order valence-electron chi connectivity index (χ4n) is 5.29. The molecule has 212 valence electrons. The quantitative estimate of drug-likeness (QED) is 0.208. The number of pyridine rings is 2.